The molecule has 1 heterocycles. The van der Waals surface area contributed by atoms with E-state index in [1.807, 2.05) is 42.5 Å². The molecule has 0 spiro atoms. The molecular weight excluding hydrogens is 369 g/mol. The second kappa shape index (κ2) is 8.43. The van der Waals surface area contributed by atoms with E-state index < -0.39 is 0 Å². The molecule has 0 saturated heterocycles. The van der Waals surface area contributed by atoms with Crippen molar-refractivity contribution in [1.29, 1.82) is 0 Å². The van der Waals surface area contributed by atoms with Gasteiger partial charge in [0.05, 0.1) is 0 Å². The molecule has 7 heteroatoms. The topological polar surface area (TPSA) is 72.7 Å². The van der Waals surface area contributed by atoms with Gasteiger partial charge in [-0.2, -0.15) is 4.80 Å². The first-order valence-electron chi connectivity index (χ1n) is 9.13. The number of nitrogens with zero attached hydrogens (tertiary/aromatic N) is 4. The van der Waals surface area contributed by atoms with Crippen LogP contribution in [0.25, 0.3) is 11.4 Å². The van der Waals surface area contributed by atoms with Gasteiger partial charge in [0.15, 0.2) is 0 Å². The minimum Gasteiger partial charge on any atom is -0.324 e. The van der Waals surface area contributed by atoms with Crippen molar-refractivity contribution in [3.63, 3.8) is 0 Å². The van der Waals surface area contributed by atoms with Crippen molar-refractivity contribution in [2.75, 3.05) is 5.32 Å². The number of halogens is 1. The highest BCUT2D eigenvalue weighted by atomic mass is 19.1. The molecule has 0 bridgehead atoms. The first-order chi connectivity index (χ1) is 14.2. The average Bonchev–Trinajstić information content (AvgIpc) is 3.19. The highest BCUT2D eigenvalue weighted by Gasteiger charge is 2.11. The zero-order valence-electron chi connectivity index (χ0n) is 15.5. The van der Waals surface area contributed by atoms with Gasteiger partial charge in [-0.15, -0.1) is 10.2 Å². The van der Waals surface area contributed by atoms with Gasteiger partial charge in [0, 0.05) is 11.3 Å². The molecule has 1 aromatic heterocycles. The number of nitrogens with one attached hydrogen (secondary N) is 1. The van der Waals surface area contributed by atoms with Gasteiger partial charge in [0.1, 0.15) is 12.4 Å². The number of hydrogen-bond acceptors (Lipinski definition) is 4. The third-order valence-electron chi connectivity index (χ3n) is 4.37. The summed E-state index contributed by atoms with van der Waals surface area (Å²) in [5.41, 5.74) is 3.56. The maximum absolute atomic E-state index is 13.0. The summed E-state index contributed by atoms with van der Waals surface area (Å²) in [6, 6.07) is 23.5. The highest BCUT2D eigenvalue weighted by molar-refractivity contribution is 5.91. The van der Waals surface area contributed by atoms with Crippen LogP contribution >= 0.6 is 0 Å². The predicted octanol–water partition coefficient (Wildman–Crippen LogP) is 3.71. The molecule has 0 aliphatic heterocycles. The quantitative estimate of drug-likeness (QED) is 0.547. The zero-order chi connectivity index (χ0) is 20.1. The monoisotopic (exact) mass is 387 g/mol. The molecule has 4 aromatic rings. The molecule has 1 amide bonds. The molecule has 0 atom stereocenters. The molecule has 0 aliphatic carbocycles. The van der Waals surface area contributed by atoms with Crippen LogP contribution in [0.1, 0.15) is 11.1 Å². The summed E-state index contributed by atoms with van der Waals surface area (Å²) in [5.74, 6) is -0.259. The number of tetrazole rings is 1. The Morgan fingerprint density at radius 3 is 2.45 bits per heavy atom. The fraction of sp³-hybridized carbons (Fsp3) is 0.0909. The minimum atomic E-state index is -0.338. The summed E-state index contributed by atoms with van der Waals surface area (Å²) in [7, 11) is 0. The van der Waals surface area contributed by atoms with Gasteiger partial charge in [0.2, 0.25) is 11.7 Å². The summed E-state index contributed by atoms with van der Waals surface area (Å²) in [6.45, 7) is -0.0755. The number of amides is 1. The van der Waals surface area contributed by atoms with E-state index in [2.05, 4.69) is 32.9 Å². The van der Waals surface area contributed by atoms with E-state index in [9.17, 15) is 9.18 Å². The molecule has 0 aliphatic rings. The van der Waals surface area contributed by atoms with Gasteiger partial charge in [-0.1, -0.05) is 48.5 Å². The van der Waals surface area contributed by atoms with Crippen LogP contribution in [0.15, 0.2) is 78.9 Å². The Morgan fingerprint density at radius 2 is 1.66 bits per heavy atom. The molecule has 0 unspecified atom stereocenters. The number of carbonyl (C=O) groups excluding carboxylic acids is 1. The lowest BCUT2D eigenvalue weighted by Gasteiger charge is -2.11. The number of para-hydroxylation sites is 1. The lowest BCUT2D eigenvalue weighted by Crippen LogP contribution is -2.21. The molecule has 144 valence electrons. The van der Waals surface area contributed by atoms with Crippen molar-refractivity contribution in [2.45, 2.75) is 13.0 Å². The summed E-state index contributed by atoms with van der Waals surface area (Å²) in [6.07, 6.45) is 0.716. The van der Waals surface area contributed by atoms with Gasteiger partial charge in [-0.25, -0.2) is 4.39 Å². The van der Waals surface area contributed by atoms with Crippen LogP contribution in [-0.2, 0) is 17.8 Å². The van der Waals surface area contributed by atoms with Gasteiger partial charge in [-0.3, -0.25) is 4.79 Å². The number of aromatic nitrogens is 4. The van der Waals surface area contributed by atoms with E-state index in [1.165, 1.54) is 16.9 Å². The van der Waals surface area contributed by atoms with Gasteiger partial charge >= 0.3 is 0 Å². The standard InChI is InChI=1S/C22H18FN5O/c23-19-12-10-17(11-13-19)22-25-27-28(26-22)15-21(29)24-20-9-5-4-8-18(20)14-16-6-2-1-3-7-16/h1-13H,14-15H2,(H,24,29). The first-order valence-corrected chi connectivity index (χ1v) is 9.13. The fourth-order valence-corrected chi connectivity index (χ4v) is 2.96. The summed E-state index contributed by atoms with van der Waals surface area (Å²) in [4.78, 5) is 13.7. The Morgan fingerprint density at radius 1 is 0.931 bits per heavy atom. The summed E-state index contributed by atoms with van der Waals surface area (Å²) in [5, 5.41) is 14.9. The summed E-state index contributed by atoms with van der Waals surface area (Å²) >= 11 is 0. The molecule has 1 N–H and O–H groups in total. The van der Waals surface area contributed by atoms with Crippen molar-refractivity contribution < 1.29 is 9.18 Å². The molecule has 6 nitrogen and oxygen atoms in total. The van der Waals surface area contributed by atoms with Crippen LogP contribution in [0.3, 0.4) is 0 Å². The van der Waals surface area contributed by atoms with Gasteiger partial charge < -0.3 is 5.32 Å². The Kier molecular flexibility index (Phi) is 5.38. The van der Waals surface area contributed by atoms with Crippen LogP contribution in [0, 0.1) is 5.82 Å². The molecular formula is C22H18FN5O. The lowest BCUT2D eigenvalue weighted by molar-refractivity contribution is -0.117. The van der Waals surface area contributed by atoms with Crippen LogP contribution in [0.5, 0.6) is 0 Å². The van der Waals surface area contributed by atoms with E-state index in [4.69, 9.17) is 0 Å². The molecule has 0 fully saturated rings. The van der Waals surface area contributed by atoms with Crippen LogP contribution in [0.4, 0.5) is 10.1 Å². The molecule has 29 heavy (non-hydrogen) atoms. The van der Waals surface area contributed by atoms with E-state index in [-0.39, 0.29) is 18.3 Å². The van der Waals surface area contributed by atoms with E-state index >= 15 is 0 Å². The minimum absolute atomic E-state index is 0.0755. The Hall–Kier alpha value is -3.87. The molecule has 0 radical (unpaired) electrons. The number of benzene rings is 3. The smallest absolute Gasteiger partial charge is 0.248 e. The summed E-state index contributed by atoms with van der Waals surface area (Å²) < 4.78 is 13.0. The largest absolute Gasteiger partial charge is 0.324 e. The SMILES string of the molecule is O=C(Cn1nnc(-c2ccc(F)cc2)n1)Nc1ccccc1Cc1ccccc1. The van der Waals surface area contributed by atoms with Crippen LogP contribution in [0.2, 0.25) is 0 Å². The highest BCUT2D eigenvalue weighted by Crippen LogP contribution is 2.19. The first kappa shape index (κ1) is 18.5. The van der Waals surface area contributed by atoms with Crippen molar-refractivity contribution >= 4 is 11.6 Å². The van der Waals surface area contributed by atoms with Crippen molar-refractivity contribution in [1.82, 2.24) is 20.2 Å². The third kappa shape index (κ3) is 4.70. The van der Waals surface area contributed by atoms with E-state index in [0.717, 1.165) is 16.8 Å². The average molecular weight is 387 g/mol. The lowest BCUT2D eigenvalue weighted by atomic mass is 10.0. The number of hydrogen-bond donors (Lipinski definition) is 1. The second-order valence-electron chi connectivity index (χ2n) is 6.52. The van der Waals surface area contributed by atoms with Crippen molar-refractivity contribution in [3.8, 4) is 11.4 Å². The number of anilines is 1. The van der Waals surface area contributed by atoms with Crippen LogP contribution < -0.4 is 5.32 Å². The Bertz CT molecular complexity index is 1110. The molecule has 4 rings (SSSR count). The molecule has 3 aromatic carbocycles. The number of rotatable bonds is 6. The maximum atomic E-state index is 13.0. The zero-order valence-corrected chi connectivity index (χ0v) is 15.5. The Balaban J connectivity index is 1.43. The van der Waals surface area contributed by atoms with E-state index in [1.54, 1.807) is 12.1 Å². The predicted molar refractivity (Wildman–Crippen MR) is 108 cm³/mol. The Labute approximate surface area is 167 Å². The van der Waals surface area contributed by atoms with Crippen molar-refractivity contribution in [3.05, 3.63) is 95.8 Å². The van der Waals surface area contributed by atoms with Gasteiger partial charge in [0.25, 0.3) is 0 Å². The second-order valence-corrected chi connectivity index (χ2v) is 6.52. The fourth-order valence-electron chi connectivity index (χ4n) is 2.96. The number of carbonyl (C=O) groups is 1. The maximum Gasteiger partial charge on any atom is 0.248 e. The normalized spacial score (nSPS) is 10.7. The van der Waals surface area contributed by atoms with E-state index in [0.29, 0.717) is 17.8 Å². The van der Waals surface area contributed by atoms with Gasteiger partial charge in [-0.05, 0) is 53.1 Å². The van der Waals surface area contributed by atoms with Crippen LogP contribution in [-0.4, -0.2) is 26.1 Å². The van der Waals surface area contributed by atoms with Crippen molar-refractivity contribution in [2.24, 2.45) is 0 Å². The molecule has 0 saturated carbocycles. The third-order valence-corrected chi connectivity index (χ3v) is 4.37.